The molecule has 0 radical (unpaired) electrons. The Labute approximate surface area is 202 Å². The standard InChI is InChI=1S/C29H38N2O3/c1-16-3-24(31-26(32)28-10-18-4-19(11-28)6-20(5-18)12-28)25(17(2)30-16)34-27(33)29-13-21-7-22(14-29)9-23(8-21)15-29/h3,18-23H,4-15H2,1-2H3,(H,30,31,32). The Bertz CT molecular complexity index is 989. The molecule has 1 amide bonds. The van der Waals surface area contributed by atoms with Gasteiger partial charge in [-0.3, -0.25) is 14.6 Å². The van der Waals surface area contributed by atoms with E-state index < -0.39 is 0 Å². The molecule has 1 N–H and O–H groups in total. The molecule has 8 saturated carbocycles. The van der Waals surface area contributed by atoms with E-state index in [2.05, 4.69) is 10.3 Å². The van der Waals surface area contributed by atoms with Gasteiger partial charge < -0.3 is 10.1 Å². The highest BCUT2D eigenvalue weighted by molar-refractivity contribution is 5.97. The number of ether oxygens (including phenoxy) is 1. The van der Waals surface area contributed by atoms with Gasteiger partial charge in [0.1, 0.15) is 0 Å². The van der Waals surface area contributed by atoms with Crippen molar-refractivity contribution >= 4 is 17.6 Å². The number of carbonyl (C=O) groups excluding carboxylic acids is 2. The molecule has 1 heterocycles. The second kappa shape index (κ2) is 7.30. The van der Waals surface area contributed by atoms with Gasteiger partial charge in [-0.1, -0.05) is 0 Å². The van der Waals surface area contributed by atoms with Crippen molar-refractivity contribution in [3.8, 4) is 5.75 Å². The molecule has 1 aromatic heterocycles. The summed E-state index contributed by atoms with van der Waals surface area (Å²) in [5.41, 5.74) is 1.62. The molecule has 0 unspecified atom stereocenters. The summed E-state index contributed by atoms with van der Waals surface area (Å²) >= 11 is 0. The van der Waals surface area contributed by atoms with Gasteiger partial charge in [0.25, 0.3) is 0 Å². The quantitative estimate of drug-likeness (QED) is 0.559. The van der Waals surface area contributed by atoms with Gasteiger partial charge in [0.15, 0.2) is 5.75 Å². The summed E-state index contributed by atoms with van der Waals surface area (Å²) in [6, 6.07) is 1.90. The predicted molar refractivity (Wildman–Crippen MR) is 129 cm³/mol. The van der Waals surface area contributed by atoms with Crippen LogP contribution < -0.4 is 10.1 Å². The SMILES string of the molecule is Cc1cc(NC(=O)C23CC4CC(CC(C4)C2)C3)c(OC(=O)C23CC4CC(CC(C4)C2)C3)c(C)n1. The lowest BCUT2D eigenvalue weighted by molar-refractivity contribution is -0.161. The van der Waals surface area contributed by atoms with Crippen molar-refractivity contribution in [2.24, 2.45) is 46.3 Å². The summed E-state index contributed by atoms with van der Waals surface area (Å²) in [6.07, 6.45) is 13.8. The number of nitrogens with one attached hydrogen (secondary N) is 1. The Morgan fingerprint density at radius 2 is 1.24 bits per heavy atom. The minimum Gasteiger partial charge on any atom is -0.422 e. The summed E-state index contributed by atoms with van der Waals surface area (Å²) in [5, 5.41) is 3.27. The molecule has 5 heteroatoms. The number of aromatic nitrogens is 1. The molecule has 5 nitrogen and oxygen atoms in total. The fraction of sp³-hybridized carbons (Fsp3) is 0.759. The number of rotatable bonds is 4. The van der Waals surface area contributed by atoms with Crippen LogP contribution in [0.25, 0.3) is 0 Å². The van der Waals surface area contributed by atoms with Crippen LogP contribution in [-0.2, 0) is 9.59 Å². The first-order valence-electron chi connectivity index (χ1n) is 13.8. The third kappa shape index (κ3) is 3.28. The first-order chi connectivity index (χ1) is 16.3. The first-order valence-corrected chi connectivity index (χ1v) is 13.8. The number of carbonyl (C=O) groups is 2. The topological polar surface area (TPSA) is 68.3 Å². The molecule has 1 aromatic rings. The summed E-state index contributed by atoms with van der Waals surface area (Å²) in [4.78, 5) is 32.1. The molecule has 0 aliphatic heterocycles. The summed E-state index contributed by atoms with van der Waals surface area (Å²) in [6.45, 7) is 3.84. The van der Waals surface area contributed by atoms with Gasteiger partial charge in [-0.15, -0.1) is 0 Å². The van der Waals surface area contributed by atoms with Crippen LogP contribution in [0.15, 0.2) is 6.07 Å². The Kier molecular flexibility index (Phi) is 4.59. The van der Waals surface area contributed by atoms with E-state index in [9.17, 15) is 9.59 Å². The van der Waals surface area contributed by atoms with Crippen LogP contribution in [0.1, 0.15) is 88.4 Å². The molecular formula is C29H38N2O3. The number of pyridine rings is 1. The van der Waals surface area contributed by atoms with Crippen LogP contribution in [0.5, 0.6) is 5.75 Å². The van der Waals surface area contributed by atoms with Crippen LogP contribution in [0.2, 0.25) is 0 Å². The van der Waals surface area contributed by atoms with E-state index in [1.165, 1.54) is 38.5 Å². The number of aryl methyl sites for hydroxylation is 2. The number of hydrogen-bond donors (Lipinski definition) is 1. The van der Waals surface area contributed by atoms with E-state index in [-0.39, 0.29) is 22.7 Å². The largest absolute Gasteiger partial charge is 0.422 e. The van der Waals surface area contributed by atoms with Crippen molar-refractivity contribution in [2.75, 3.05) is 5.32 Å². The molecule has 9 rings (SSSR count). The normalized spacial score (nSPS) is 43.2. The van der Waals surface area contributed by atoms with E-state index in [1.807, 2.05) is 19.9 Å². The lowest BCUT2D eigenvalue weighted by Gasteiger charge is -2.55. The van der Waals surface area contributed by atoms with Crippen molar-refractivity contribution in [3.63, 3.8) is 0 Å². The number of esters is 1. The van der Waals surface area contributed by atoms with Crippen LogP contribution in [0.4, 0.5) is 5.69 Å². The van der Waals surface area contributed by atoms with Crippen LogP contribution in [0, 0.1) is 60.2 Å². The average molecular weight is 463 g/mol. The van der Waals surface area contributed by atoms with Crippen LogP contribution in [0.3, 0.4) is 0 Å². The van der Waals surface area contributed by atoms with E-state index in [4.69, 9.17) is 4.74 Å². The van der Waals surface area contributed by atoms with Crippen molar-refractivity contribution < 1.29 is 14.3 Å². The van der Waals surface area contributed by atoms with E-state index in [1.54, 1.807) is 0 Å². The molecule has 8 aliphatic rings. The maximum absolute atomic E-state index is 13.8. The third-order valence-corrected chi connectivity index (χ3v) is 10.7. The molecule has 182 valence electrons. The molecule has 0 aromatic carbocycles. The number of hydrogen-bond acceptors (Lipinski definition) is 4. The van der Waals surface area contributed by atoms with Gasteiger partial charge in [-0.05, 0) is 132 Å². The summed E-state index contributed by atoms with van der Waals surface area (Å²) in [7, 11) is 0. The average Bonchev–Trinajstić information content (AvgIpc) is 2.74. The van der Waals surface area contributed by atoms with Gasteiger partial charge in [-0.25, -0.2) is 0 Å². The molecule has 0 saturated heterocycles. The Balaban J connectivity index is 1.16. The van der Waals surface area contributed by atoms with Crippen molar-refractivity contribution in [1.29, 1.82) is 0 Å². The minimum absolute atomic E-state index is 0.0781. The number of nitrogens with zero attached hydrogens (tertiary/aromatic N) is 1. The van der Waals surface area contributed by atoms with Gasteiger partial charge >= 0.3 is 5.97 Å². The predicted octanol–water partition coefficient (Wildman–Crippen LogP) is 5.98. The summed E-state index contributed by atoms with van der Waals surface area (Å²) < 4.78 is 6.22. The molecule has 34 heavy (non-hydrogen) atoms. The Hall–Kier alpha value is -1.91. The fourth-order valence-corrected chi connectivity index (χ4v) is 10.2. The zero-order chi connectivity index (χ0) is 23.2. The first kappa shape index (κ1) is 21.4. The van der Waals surface area contributed by atoms with E-state index in [0.717, 1.165) is 44.2 Å². The zero-order valence-corrected chi connectivity index (χ0v) is 20.7. The minimum atomic E-state index is -0.326. The molecular weight excluding hydrogens is 424 g/mol. The lowest BCUT2D eigenvalue weighted by atomic mass is 9.49. The van der Waals surface area contributed by atoms with Crippen LogP contribution in [-0.4, -0.2) is 16.9 Å². The molecule has 0 spiro atoms. The van der Waals surface area contributed by atoms with Gasteiger partial charge in [0.2, 0.25) is 5.91 Å². The smallest absolute Gasteiger partial charge is 0.317 e. The highest BCUT2D eigenvalue weighted by atomic mass is 16.5. The van der Waals surface area contributed by atoms with Crippen LogP contribution >= 0.6 is 0 Å². The van der Waals surface area contributed by atoms with E-state index in [0.29, 0.717) is 52.6 Å². The zero-order valence-electron chi connectivity index (χ0n) is 20.7. The Morgan fingerprint density at radius 3 is 1.71 bits per heavy atom. The highest BCUT2D eigenvalue weighted by Crippen LogP contribution is 2.62. The number of anilines is 1. The molecule has 8 fully saturated rings. The van der Waals surface area contributed by atoms with Crippen molar-refractivity contribution in [1.82, 2.24) is 4.98 Å². The van der Waals surface area contributed by atoms with Crippen molar-refractivity contribution in [2.45, 2.75) is 90.9 Å². The Morgan fingerprint density at radius 1 is 0.794 bits per heavy atom. The van der Waals surface area contributed by atoms with Crippen molar-refractivity contribution in [3.05, 3.63) is 17.5 Å². The van der Waals surface area contributed by atoms with E-state index >= 15 is 0 Å². The highest BCUT2D eigenvalue weighted by Gasteiger charge is 2.56. The fourth-order valence-electron chi connectivity index (χ4n) is 10.2. The third-order valence-electron chi connectivity index (χ3n) is 10.7. The molecule has 8 bridgehead atoms. The molecule has 8 aliphatic carbocycles. The monoisotopic (exact) mass is 462 g/mol. The second-order valence-electron chi connectivity index (χ2n) is 13.5. The summed E-state index contributed by atoms with van der Waals surface area (Å²) in [5.74, 6) is 4.74. The maximum atomic E-state index is 13.8. The maximum Gasteiger partial charge on any atom is 0.317 e. The van der Waals surface area contributed by atoms with Gasteiger partial charge in [0, 0.05) is 5.69 Å². The van der Waals surface area contributed by atoms with Gasteiger partial charge in [-0.2, -0.15) is 0 Å². The van der Waals surface area contributed by atoms with Gasteiger partial charge in [0.05, 0.1) is 22.2 Å². The number of amides is 1. The lowest BCUT2D eigenvalue weighted by Crippen LogP contribution is -2.52. The second-order valence-corrected chi connectivity index (χ2v) is 13.5. The molecule has 0 atom stereocenters.